The third kappa shape index (κ3) is 3.03. The first-order valence-corrected chi connectivity index (χ1v) is 8.73. The van der Waals surface area contributed by atoms with E-state index < -0.39 is 0 Å². The Morgan fingerprint density at radius 2 is 1.96 bits per heavy atom. The Morgan fingerprint density at radius 3 is 2.61 bits per heavy atom. The quantitative estimate of drug-likeness (QED) is 0.628. The maximum atomic E-state index is 13.2. The van der Waals surface area contributed by atoms with Gasteiger partial charge in [-0.05, 0) is 50.4 Å². The summed E-state index contributed by atoms with van der Waals surface area (Å²) in [5, 5.41) is 0.747. The normalized spacial score (nSPS) is 14.8. The molecule has 0 saturated carbocycles. The van der Waals surface area contributed by atoms with Crippen molar-refractivity contribution in [2.24, 2.45) is 0 Å². The number of halogens is 1. The minimum Gasteiger partial charge on any atom is -0.356 e. The van der Waals surface area contributed by atoms with E-state index in [0.29, 0.717) is 0 Å². The van der Waals surface area contributed by atoms with Gasteiger partial charge in [-0.2, -0.15) is 0 Å². The highest BCUT2D eigenvalue weighted by Gasteiger charge is 2.28. The van der Waals surface area contributed by atoms with Gasteiger partial charge < -0.3 is 9.80 Å². The molecule has 1 aliphatic rings. The van der Waals surface area contributed by atoms with Gasteiger partial charge in [0.1, 0.15) is 5.82 Å². The Morgan fingerprint density at radius 1 is 1.22 bits per heavy atom. The third-order valence-corrected chi connectivity index (χ3v) is 4.54. The summed E-state index contributed by atoms with van der Waals surface area (Å²) < 4.78 is 13.2. The molecule has 0 radical (unpaired) electrons. The van der Waals surface area contributed by atoms with Gasteiger partial charge in [0, 0.05) is 24.1 Å². The molecule has 1 aromatic heterocycles. The second kappa shape index (κ2) is 6.58. The average molecular weight is 330 g/mol. The summed E-state index contributed by atoms with van der Waals surface area (Å²) in [6.45, 7) is 5.88. The first-order valence-electron chi connectivity index (χ1n) is 7.50. The first-order chi connectivity index (χ1) is 11.1. The van der Waals surface area contributed by atoms with Crippen LogP contribution in [0.15, 0.2) is 47.4 Å². The van der Waals surface area contributed by atoms with Gasteiger partial charge in [-0.1, -0.05) is 11.8 Å². The number of rotatable bonds is 4. The summed E-state index contributed by atoms with van der Waals surface area (Å²) in [5.41, 5.74) is 4.07. The smallest absolute Gasteiger partial charge is 0.187 e. The van der Waals surface area contributed by atoms with Crippen LogP contribution >= 0.6 is 11.8 Å². The monoisotopic (exact) mass is 330 g/mol. The second-order valence-corrected chi connectivity index (χ2v) is 6.04. The summed E-state index contributed by atoms with van der Waals surface area (Å²) in [4.78, 5) is 13.3. The molecule has 1 aliphatic heterocycles. The van der Waals surface area contributed by atoms with E-state index in [1.54, 1.807) is 18.3 Å². The molecular formula is C17H19FN4S. The molecule has 0 aliphatic carbocycles. The van der Waals surface area contributed by atoms with Crippen LogP contribution in [0.3, 0.4) is 0 Å². The zero-order valence-electron chi connectivity index (χ0n) is 13.5. The molecule has 0 fully saturated rings. The van der Waals surface area contributed by atoms with E-state index >= 15 is 0 Å². The maximum Gasteiger partial charge on any atom is 0.187 e. The van der Waals surface area contributed by atoms with E-state index in [9.17, 15) is 4.39 Å². The molecule has 0 unspecified atom stereocenters. The van der Waals surface area contributed by atoms with E-state index in [2.05, 4.69) is 33.6 Å². The van der Waals surface area contributed by atoms with Gasteiger partial charge in [-0.15, -0.1) is 0 Å². The number of thioether (sulfide) groups is 1. The Hall–Kier alpha value is -2.08. The Kier molecular flexibility index (Phi) is 4.52. The summed E-state index contributed by atoms with van der Waals surface area (Å²) >= 11 is 1.52. The number of nitrogens with zero attached hydrogens (tertiary/aromatic N) is 4. The van der Waals surface area contributed by atoms with Crippen LogP contribution < -0.4 is 4.90 Å². The molecule has 0 N–H and O–H groups in total. The maximum absolute atomic E-state index is 13.2. The lowest BCUT2D eigenvalue weighted by atomic mass is 10.2. The van der Waals surface area contributed by atoms with Gasteiger partial charge in [0.25, 0.3) is 0 Å². The number of anilines is 1. The van der Waals surface area contributed by atoms with E-state index in [1.807, 2.05) is 12.3 Å². The highest BCUT2D eigenvalue weighted by Crippen LogP contribution is 2.35. The van der Waals surface area contributed by atoms with E-state index in [4.69, 9.17) is 0 Å². The van der Waals surface area contributed by atoms with E-state index in [0.717, 1.165) is 35.4 Å². The number of benzene rings is 1. The molecule has 2 aromatic rings. The Bertz CT molecular complexity index is 730. The van der Waals surface area contributed by atoms with Crippen molar-refractivity contribution in [2.75, 3.05) is 24.4 Å². The lowest BCUT2D eigenvalue weighted by Gasteiger charge is -2.23. The van der Waals surface area contributed by atoms with Crippen LogP contribution in [0.4, 0.5) is 10.1 Å². The topological polar surface area (TPSA) is 32.3 Å². The molecule has 6 heteroatoms. The molecule has 0 atom stereocenters. The molecule has 0 amide bonds. The zero-order valence-corrected chi connectivity index (χ0v) is 14.3. The highest BCUT2D eigenvalue weighted by atomic mass is 32.2. The molecular weight excluding hydrogens is 311 g/mol. The molecule has 120 valence electrons. The zero-order chi connectivity index (χ0) is 16.4. The summed E-state index contributed by atoms with van der Waals surface area (Å²) in [6.07, 6.45) is 3.75. The van der Waals surface area contributed by atoms with Crippen molar-refractivity contribution in [3.8, 4) is 0 Å². The lowest BCUT2D eigenvalue weighted by Crippen LogP contribution is -2.27. The van der Waals surface area contributed by atoms with E-state index in [-0.39, 0.29) is 5.82 Å². The largest absolute Gasteiger partial charge is 0.356 e. The minimum absolute atomic E-state index is 0.228. The van der Waals surface area contributed by atoms with Gasteiger partial charge in [-0.25, -0.2) is 14.4 Å². The third-order valence-electron chi connectivity index (χ3n) is 3.98. The van der Waals surface area contributed by atoms with Crippen molar-refractivity contribution in [2.45, 2.75) is 19.0 Å². The summed E-state index contributed by atoms with van der Waals surface area (Å²) in [6, 6.07) is 8.51. The van der Waals surface area contributed by atoms with Crippen LogP contribution in [0, 0.1) is 5.82 Å². The fraction of sp³-hybridized carbons (Fsp3) is 0.294. The number of aromatic nitrogens is 2. The van der Waals surface area contributed by atoms with Crippen molar-refractivity contribution < 1.29 is 4.39 Å². The van der Waals surface area contributed by atoms with Gasteiger partial charge in [0.2, 0.25) is 0 Å². The second-order valence-electron chi connectivity index (χ2n) is 5.26. The lowest BCUT2D eigenvalue weighted by molar-refractivity contribution is 0.398. The van der Waals surface area contributed by atoms with E-state index in [1.165, 1.54) is 29.6 Å². The van der Waals surface area contributed by atoms with Crippen molar-refractivity contribution >= 4 is 23.1 Å². The van der Waals surface area contributed by atoms with Crippen LogP contribution in [0.25, 0.3) is 5.70 Å². The Balaban J connectivity index is 2.07. The highest BCUT2D eigenvalue weighted by molar-refractivity contribution is 7.98. The SMILES string of the molecule is CCN1CN(c2ccc(F)cc2)C(c2ccnc(SC)n2)=C1C. The predicted octanol–water partition coefficient (Wildman–Crippen LogP) is 3.83. The van der Waals surface area contributed by atoms with Crippen LogP contribution in [0.2, 0.25) is 0 Å². The standard InChI is InChI=1S/C17H19FN4S/c1-4-21-11-22(14-7-5-13(18)6-8-14)16(12(21)2)15-9-10-19-17(20-15)23-3/h5-10H,4,11H2,1-3H3. The fourth-order valence-electron chi connectivity index (χ4n) is 2.76. The van der Waals surface area contributed by atoms with Crippen molar-refractivity contribution in [1.82, 2.24) is 14.9 Å². The van der Waals surface area contributed by atoms with Crippen LogP contribution in [-0.4, -0.2) is 34.3 Å². The first kappa shape index (κ1) is 15.8. The van der Waals surface area contributed by atoms with Crippen molar-refractivity contribution in [3.05, 3.63) is 53.7 Å². The van der Waals surface area contributed by atoms with Gasteiger partial charge in [-0.3, -0.25) is 0 Å². The molecule has 0 bridgehead atoms. The van der Waals surface area contributed by atoms with Crippen molar-refractivity contribution in [1.29, 1.82) is 0 Å². The van der Waals surface area contributed by atoms with Crippen LogP contribution in [-0.2, 0) is 0 Å². The van der Waals surface area contributed by atoms with Gasteiger partial charge >= 0.3 is 0 Å². The predicted molar refractivity (Wildman–Crippen MR) is 92.5 cm³/mol. The summed E-state index contributed by atoms with van der Waals surface area (Å²) in [5.74, 6) is -0.228. The minimum atomic E-state index is -0.228. The van der Waals surface area contributed by atoms with Crippen LogP contribution in [0.5, 0.6) is 0 Å². The fourth-order valence-corrected chi connectivity index (χ4v) is 3.11. The molecule has 3 rings (SSSR count). The number of hydrogen-bond acceptors (Lipinski definition) is 5. The summed E-state index contributed by atoms with van der Waals surface area (Å²) in [7, 11) is 0. The van der Waals surface area contributed by atoms with Gasteiger partial charge in [0.15, 0.2) is 5.16 Å². The molecule has 4 nitrogen and oxygen atoms in total. The Labute approximate surface area is 140 Å². The molecule has 0 saturated heterocycles. The number of hydrogen-bond donors (Lipinski definition) is 0. The van der Waals surface area contributed by atoms with Crippen molar-refractivity contribution in [3.63, 3.8) is 0 Å². The molecule has 23 heavy (non-hydrogen) atoms. The average Bonchev–Trinajstić information content (AvgIpc) is 2.92. The van der Waals surface area contributed by atoms with Crippen LogP contribution in [0.1, 0.15) is 19.5 Å². The molecule has 1 aromatic carbocycles. The number of allylic oxidation sites excluding steroid dienone is 1. The van der Waals surface area contributed by atoms with Gasteiger partial charge in [0.05, 0.1) is 18.1 Å². The molecule has 2 heterocycles. The molecule has 0 spiro atoms.